The average Bonchev–Trinajstić information content (AvgIpc) is 3.50. The largest absolute Gasteiger partial charge is 0.465 e. The van der Waals surface area contributed by atoms with E-state index in [1.807, 2.05) is 30.3 Å². The van der Waals surface area contributed by atoms with E-state index >= 15 is 0 Å². The van der Waals surface area contributed by atoms with Crippen molar-refractivity contribution in [1.29, 1.82) is 0 Å². The summed E-state index contributed by atoms with van der Waals surface area (Å²) in [6.07, 6.45) is 0.613. The topological polar surface area (TPSA) is 104 Å². The summed E-state index contributed by atoms with van der Waals surface area (Å²) in [5, 5.41) is 16.3. The number of hydrogen-bond donors (Lipinski definition) is 4. The summed E-state index contributed by atoms with van der Waals surface area (Å²) < 4.78 is 0. The third-order valence-electron chi connectivity index (χ3n) is 6.43. The summed E-state index contributed by atoms with van der Waals surface area (Å²) in [7, 11) is 0. The molecule has 0 saturated heterocycles. The van der Waals surface area contributed by atoms with Crippen LogP contribution in [0.15, 0.2) is 91.0 Å². The molecule has 0 heterocycles. The Balaban J connectivity index is 1.21. The van der Waals surface area contributed by atoms with Gasteiger partial charge in [0, 0.05) is 28.4 Å². The van der Waals surface area contributed by atoms with Crippen molar-refractivity contribution in [3.63, 3.8) is 0 Å². The number of rotatable bonds is 6. The third-order valence-corrected chi connectivity index (χ3v) is 6.43. The molecular formula is C28H25N3O3. The van der Waals surface area contributed by atoms with Gasteiger partial charge in [0.1, 0.15) is 0 Å². The fourth-order valence-electron chi connectivity index (χ4n) is 4.53. The SMILES string of the molecule is N[C@@]1(Cc2ccc3ccccc3c2)C[C@H]1c1ccc(NC(=O)c2ccc(NC(=O)O)cc2)cc1. The lowest BCUT2D eigenvalue weighted by Gasteiger charge is -2.13. The van der Waals surface area contributed by atoms with Crippen LogP contribution in [0.3, 0.4) is 0 Å². The summed E-state index contributed by atoms with van der Waals surface area (Å²) in [4.78, 5) is 23.2. The molecule has 170 valence electrons. The smallest absolute Gasteiger partial charge is 0.409 e. The van der Waals surface area contributed by atoms with Crippen molar-refractivity contribution in [2.75, 3.05) is 10.6 Å². The van der Waals surface area contributed by atoms with Gasteiger partial charge in [-0.05, 0) is 71.1 Å². The molecule has 0 radical (unpaired) electrons. The molecule has 5 rings (SSSR count). The third kappa shape index (κ3) is 4.63. The molecule has 4 aromatic carbocycles. The van der Waals surface area contributed by atoms with Crippen LogP contribution in [0.5, 0.6) is 0 Å². The van der Waals surface area contributed by atoms with E-state index in [9.17, 15) is 9.59 Å². The summed E-state index contributed by atoms with van der Waals surface area (Å²) in [5.41, 5.74) is 10.4. The Morgan fingerprint density at radius 2 is 1.50 bits per heavy atom. The zero-order chi connectivity index (χ0) is 23.7. The molecule has 0 bridgehead atoms. The second-order valence-electron chi connectivity index (χ2n) is 8.93. The fraction of sp³-hybridized carbons (Fsp3) is 0.143. The molecule has 6 heteroatoms. The van der Waals surface area contributed by atoms with E-state index < -0.39 is 6.09 Å². The van der Waals surface area contributed by atoms with Crippen molar-refractivity contribution in [3.8, 4) is 0 Å². The number of benzene rings is 4. The minimum atomic E-state index is -1.15. The Bertz CT molecular complexity index is 1370. The van der Waals surface area contributed by atoms with Crippen LogP contribution in [0.25, 0.3) is 10.8 Å². The number of carbonyl (C=O) groups excluding carboxylic acids is 1. The van der Waals surface area contributed by atoms with Crippen LogP contribution in [-0.4, -0.2) is 22.6 Å². The van der Waals surface area contributed by atoms with Crippen LogP contribution >= 0.6 is 0 Å². The Labute approximate surface area is 197 Å². The van der Waals surface area contributed by atoms with Crippen molar-refractivity contribution in [1.82, 2.24) is 0 Å². The first-order valence-electron chi connectivity index (χ1n) is 11.2. The number of carboxylic acid groups (broad SMARTS) is 1. The van der Waals surface area contributed by atoms with E-state index in [0.29, 0.717) is 16.9 Å². The molecule has 1 aliphatic carbocycles. The van der Waals surface area contributed by atoms with Gasteiger partial charge in [0.2, 0.25) is 0 Å². The average molecular weight is 452 g/mol. The van der Waals surface area contributed by atoms with E-state index in [1.165, 1.54) is 21.9 Å². The van der Waals surface area contributed by atoms with Crippen LogP contribution in [0, 0.1) is 0 Å². The van der Waals surface area contributed by atoms with E-state index in [2.05, 4.69) is 47.0 Å². The van der Waals surface area contributed by atoms with Gasteiger partial charge < -0.3 is 16.2 Å². The molecule has 34 heavy (non-hydrogen) atoms. The second kappa shape index (κ2) is 8.65. The lowest BCUT2D eigenvalue weighted by Crippen LogP contribution is -2.27. The highest BCUT2D eigenvalue weighted by molar-refractivity contribution is 6.04. The molecule has 1 saturated carbocycles. The highest BCUT2D eigenvalue weighted by atomic mass is 16.4. The van der Waals surface area contributed by atoms with Gasteiger partial charge in [-0.3, -0.25) is 10.1 Å². The molecule has 4 aromatic rings. The van der Waals surface area contributed by atoms with Crippen LogP contribution in [-0.2, 0) is 6.42 Å². The predicted molar refractivity (Wildman–Crippen MR) is 134 cm³/mol. The van der Waals surface area contributed by atoms with Crippen LogP contribution in [0.2, 0.25) is 0 Å². The maximum Gasteiger partial charge on any atom is 0.409 e. The van der Waals surface area contributed by atoms with Crippen molar-refractivity contribution in [2.45, 2.75) is 24.3 Å². The van der Waals surface area contributed by atoms with Gasteiger partial charge in [0.05, 0.1) is 0 Å². The first-order valence-corrected chi connectivity index (χ1v) is 11.2. The van der Waals surface area contributed by atoms with E-state index in [4.69, 9.17) is 10.8 Å². The van der Waals surface area contributed by atoms with Gasteiger partial charge in [0.25, 0.3) is 5.91 Å². The summed E-state index contributed by atoms with van der Waals surface area (Å²) in [6.45, 7) is 0. The summed E-state index contributed by atoms with van der Waals surface area (Å²) in [6, 6.07) is 29.0. The maximum atomic E-state index is 12.5. The van der Waals surface area contributed by atoms with Crippen LogP contribution in [0.4, 0.5) is 16.2 Å². The minimum absolute atomic E-state index is 0.251. The predicted octanol–water partition coefficient (Wildman–Crippen LogP) is 5.61. The lowest BCUT2D eigenvalue weighted by molar-refractivity contribution is 0.102. The molecule has 0 unspecified atom stereocenters. The Kier molecular flexibility index (Phi) is 5.51. The molecule has 2 atom stereocenters. The zero-order valence-corrected chi connectivity index (χ0v) is 18.5. The van der Waals surface area contributed by atoms with E-state index in [1.54, 1.807) is 24.3 Å². The molecule has 1 aliphatic rings. The standard InChI is InChI=1S/C28H25N3O3/c29-28(16-18-5-6-19-3-1-2-4-22(19)15-18)17-25(28)20-7-11-23(12-8-20)30-26(32)21-9-13-24(14-10-21)31-27(33)34/h1-15,25,31H,16-17,29H2,(H,30,32)(H,33,34)/t25-,28-/m0/s1. The van der Waals surface area contributed by atoms with Gasteiger partial charge >= 0.3 is 6.09 Å². The molecule has 1 fully saturated rings. The van der Waals surface area contributed by atoms with Gasteiger partial charge in [-0.25, -0.2) is 4.79 Å². The number of amides is 2. The van der Waals surface area contributed by atoms with Crippen molar-refractivity contribution in [3.05, 3.63) is 108 Å². The van der Waals surface area contributed by atoms with E-state index in [0.717, 1.165) is 12.8 Å². The van der Waals surface area contributed by atoms with Crippen molar-refractivity contribution < 1.29 is 14.7 Å². The number of anilines is 2. The number of hydrogen-bond acceptors (Lipinski definition) is 3. The fourth-order valence-corrected chi connectivity index (χ4v) is 4.53. The Morgan fingerprint density at radius 1 is 0.853 bits per heavy atom. The van der Waals surface area contributed by atoms with E-state index in [-0.39, 0.29) is 17.4 Å². The number of fused-ring (bicyclic) bond motifs is 1. The number of nitrogens with one attached hydrogen (secondary N) is 2. The minimum Gasteiger partial charge on any atom is -0.465 e. The number of carbonyl (C=O) groups is 2. The first-order chi connectivity index (χ1) is 16.4. The van der Waals surface area contributed by atoms with Gasteiger partial charge in [-0.2, -0.15) is 0 Å². The zero-order valence-electron chi connectivity index (χ0n) is 18.5. The molecular weight excluding hydrogens is 426 g/mol. The second-order valence-corrected chi connectivity index (χ2v) is 8.93. The highest BCUT2D eigenvalue weighted by Gasteiger charge is 2.51. The van der Waals surface area contributed by atoms with Crippen molar-refractivity contribution in [2.24, 2.45) is 5.73 Å². The van der Waals surface area contributed by atoms with Crippen LogP contribution in [0.1, 0.15) is 33.8 Å². The maximum absolute atomic E-state index is 12.5. The van der Waals surface area contributed by atoms with Gasteiger partial charge in [-0.1, -0.05) is 54.6 Å². The van der Waals surface area contributed by atoms with Crippen LogP contribution < -0.4 is 16.4 Å². The molecule has 0 aromatic heterocycles. The molecule has 5 N–H and O–H groups in total. The lowest BCUT2D eigenvalue weighted by atomic mass is 9.97. The Morgan fingerprint density at radius 3 is 2.21 bits per heavy atom. The molecule has 6 nitrogen and oxygen atoms in total. The Hall–Kier alpha value is -4.16. The van der Waals surface area contributed by atoms with Gasteiger partial charge in [-0.15, -0.1) is 0 Å². The highest BCUT2D eigenvalue weighted by Crippen LogP contribution is 2.51. The summed E-state index contributed by atoms with van der Waals surface area (Å²) in [5.74, 6) is 0.0310. The quantitative estimate of drug-likeness (QED) is 0.306. The normalized spacial score (nSPS) is 18.9. The first kappa shape index (κ1) is 21.7. The number of nitrogens with two attached hydrogens (primary N) is 1. The van der Waals surface area contributed by atoms with Gasteiger partial charge in [0.15, 0.2) is 0 Å². The molecule has 0 aliphatic heterocycles. The molecule has 2 amide bonds. The summed E-state index contributed by atoms with van der Waals surface area (Å²) >= 11 is 0. The molecule has 0 spiro atoms. The van der Waals surface area contributed by atoms with Crippen molar-refractivity contribution >= 4 is 34.1 Å². The monoisotopic (exact) mass is 451 g/mol.